The second-order valence-corrected chi connectivity index (χ2v) is 9.54. The highest BCUT2D eigenvalue weighted by atomic mass is 32.2. The van der Waals surface area contributed by atoms with Gasteiger partial charge in [-0.25, -0.2) is 9.80 Å². The SMILES string of the molecule is COc1cccc(C(=O)CN2NC3N(CCC(C)C)C(=O)C4SCCC4N3C2=O)c1. The Kier molecular flexibility index (Phi) is 5.92. The third kappa shape index (κ3) is 3.76. The zero-order chi connectivity index (χ0) is 21.4. The predicted octanol–water partition coefficient (Wildman–Crippen LogP) is 2.17. The first kappa shape index (κ1) is 21.0. The average Bonchev–Trinajstić information content (AvgIpc) is 3.33. The second-order valence-electron chi connectivity index (χ2n) is 8.30. The molecule has 1 N–H and O–H groups in total. The molecule has 1 aromatic rings. The standard InChI is InChI=1S/C21H28N4O4S/c1-13(2)7-9-23-19(27)18-16(8-10-30-18)25-20(23)22-24(21(25)28)12-17(26)14-5-4-6-15(11-14)29-3/h4-6,11,13,16,18,20,22H,7-10,12H2,1-3H3. The number of amides is 3. The van der Waals surface area contributed by atoms with Gasteiger partial charge < -0.3 is 9.64 Å². The van der Waals surface area contributed by atoms with Crippen LogP contribution in [0.2, 0.25) is 0 Å². The van der Waals surface area contributed by atoms with Crippen molar-refractivity contribution >= 4 is 29.5 Å². The first-order valence-corrected chi connectivity index (χ1v) is 11.4. The molecular weight excluding hydrogens is 404 g/mol. The monoisotopic (exact) mass is 432 g/mol. The number of ether oxygens (including phenoxy) is 1. The Labute approximate surface area is 180 Å². The van der Waals surface area contributed by atoms with Crippen molar-refractivity contribution in [3.63, 3.8) is 0 Å². The van der Waals surface area contributed by atoms with Gasteiger partial charge in [0.25, 0.3) is 0 Å². The summed E-state index contributed by atoms with van der Waals surface area (Å²) in [6.45, 7) is 4.71. The number of thioether (sulfide) groups is 1. The van der Waals surface area contributed by atoms with Crippen LogP contribution >= 0.6 is 11.8 Å². The van der Waals surface area contributed by atoms with Gasteiger partial charge in [-0.2, -0.15) is 5.43 Å². The molecule has 0 aromatic heterocycles. The highest BCUT2D eigenvalue weighted by Gasteiger charge is 2.55. The van der Waals surface area contributed by atoms with E-state index in [1.807, 2.05) is 0 Å². The van der Waals surface area contributed by atoms with Crippen LogP contribution in [0.15, 0.2) is 24.3 Å². The van der Waals surface area contributed by atoms with E-state index in [4.69, 9.17) is 4.74 Å². The number of carbonyl (C=O) groups is 3. The molecule has 30 heavy (non-hydrogen) atoms. The van der Waals surface area contributed by atoms with E-state index in [1.54, 1.807) is 52.9 Å². The lowest BCUT2D eigenvalue weighted by Gasteiger charge is -2.44. The molecule has 3 aliphatic heterocycles. The molecule has 0 radical (unpaired) electrons. The number of methoxy groups -OCH3 is 1. The number of fused-ring (bicyclic) bond motifs is 3. The number of hydrazine groups is 1. The Bertz CT molecular complexity index is 848. The molecule has 8 nitrogen and oxygen atoms in total. The number of nitrogens with zero attached hydrogens (tertiary/aromatic N) is 3. The van der Waals surface area contributed by atoms with Gasteiger partial charge in [0.05, 0.1) is 13.2 Å². The van der Waals surface area contributed by atoms with E-state index in [-0.39, 0.29) is 35.6 Å². The molecule has 3 saturated heterocycles. The van der Waals surface area contributed by atoms with E-state index < -0.39 is 6.29 Å². The van der Waals surface area contributed by atoms with Gasteiger partial charge in [-0.15, -0.1) is 11.8 Å². The van der Waals surface area contributed by atoms with Gasteiger partial charge in [0.15, 0.2) is 12.1 Å². The van der Waals surface area contributed by atoms with Crippen molar-refractivity contribution in [3.05, 3.63) is 29.8 Å². The van der Waals surface area contributed by atoms with Crippen LogP contribution in [-0.2, 0) is 4.79 Å². The van der Waals surface area contributed by atoms with Crippen LogP contribution in [0.4, 0.5) is 4.79 Å². The Morgan fingerprint density at radius 3 is 2.87 bits per heavy atom. The van der Waals surface area contributed by atoms with Crippen molar-refractivity contribution in [3.8, 4) is 5.75 Å². The van der Waals surface area contributed by atoms with Crippen LogP contribution in [0, 0.1) is 5.92 Å². The van der Waals surface area contributed by atoms with Crippen LogP contribution in [-0.4, -0.2) is 76.1 Å². The molecule has 0 saturated carbocycles. The first-order valence-electron chi connectivity index (χ1n) is 10.4. The Hall–Kier alpha value is -2.26. The molecule has 0 aliphatic carbocycles. The second kappa shape index (κ2) is 8.47. The summed E-state index contributed by atoms with van der Waals surface area (Å²) >= 11 is 1.63. The van der Waals surface area contributed by atoms with E-state index in [0.29, 0.717) is 23.8 Å². The Morgan fingerprint density at radius 2 is 2.13 bits per heavy atom. The molecule has 9 heteroatoms. The maximum absolute atomic E-state index is 13.2. The summed E-state index contributed by atoms with van der Waals surface area (Å²) < 4.78 is 5.19. The highest BCUT2D eigenvalue weighted by Crippen LogP contribution is 2.39. The van der Waals surface area contributed by atoms with Crippen molar-refractivity contribution in [2.75, 3.05) is 26.0 Å². The van der Waals surface area contributed by atoms with Crippen LogP contribution in [0.3, 0.4) is 0 Å². The fraction of sp³-hybridized carbons (Fsp3) is 0.571. The van der Waals surface area contributed by atoms with Crippen LogP contribution in [0.25, 0.3) is 0 Å². The van der Waals surface area contributed by atoms with Gasteiger partial charge in [0.2, 0.25) is 5.91 Å². The van der Waals surface area contributed by atoms with E-state index >= 15 is 0 Å². The predicted molar refractivity (Wildman–Crippen MR) is 114 cm³/mol. The minimum atomic E-state index is -0.526. The molecular formula is C21H28N4O4S. The number of rotatable bonds is 7. The molecule has 3 amide bonds. The van der Waals surface area contributed by atoms with Gasteiger partial charge in [-0.3, -0.25) is 14.5 Å². The van der Waals surface area contributed by atoms with Gasteiger partial charge in [-0.1, -0.05) is 26.0 Å². The number of ketones is 1. The third-order valence-corrected chi connectivity index (χ3v) is 7.21. The third-order valence-electron chi connectivity index (χ3n) is 5.87. The topological polar surface area (TPSA) is 82.2 Å². The fourth-order valence-electron chi connectivity index (χ4n) is 4.20. The minimum absolute atomic E-state index is 0.0886. The summed E-state index contributed by atoms with van der Waals surface area (Å²) in [4.78, 5) is 42.7. The molecule has 3 heterocycles. The van der Waals surface area contributed by atoms with Crippen molar-refractivity contribution in [1.82, 2.24) is 20.2 Å². The van der Waals surface area contributed by atoms with E-state index in [2.05, 4.69) is 19.3 Å². The van der Waals surface area contributed by atoms with E-state index in [1.165, 1.54) is 5.01 Å². The van der Waals surface area contributed by atoms with Gasteiger partial charge >= 0.3 is 6.03 Å². The number of Topliss-reactive ketones (excluding diaryl/α,β-unsaturated/α-hetero) is 1. The number of hydrogen-bond acceptors (Lipinski definition) is 6. The molecule has 0 bridgehead atoms. The Morgan fingerprint density at radius 1 is 1.33 bits per heavy atom. The first-order chi connectivity index (χ1) is 14.4. The molecule has 1 aromatic carbocycles. The van der Waals surface area contributed by atoms with Gasteiger partial charge in [-0.05, 0) is 36.6 Å². The number of nitrogens with one attached hydrogen (secondary N) is 1. The molecule has 162 valence electrons. The number of carbonyl (C=O) groups excluding carboxylic acids is 3. The molecule has 3 atom stereocenters. The number of benzene rings is 1. The van der Waals surface area contributed by atoms with Gasteiger partial charge in [0.1, 0.15) is 17.5 Å². The van der Waals surface area contributed by atoms with Crippen molar-refractivity contribution in [1.29, 1.82) is 0 Å². The van der Waals surface area contributed by atoms with Crippen molar-refractivity contribution in [2.45, 2.75) is 44.3 Å². The van der Waals surface area contributed by atoms with Crippen LogP contribution < -0.4 is 10.2 Å². The molecule has 3 unspecified atom stereocenters. The minimum Gasteiger partial charge on any atom is -0.497 e. The van der Waals surface area contributed by atoms with Crippen LogP contribution in [0.5, 0.6) is 5.75 Å². The fourth-order valence-corrected chi connectivity index (χ4v) is 5.60. The molecule has 0 spiro atoms. The van der Waals surface area contributed by atoms with Crippen molar-refractivity contribution in [2.24, 2.45) is 5.92 Å². The lowest BCUT2D eigenvalue weighted by molar-refractivity contribution is -0.144. The number of urea groups is 1. The van der Waals surface area contributed by atoms with Gasteiger partial charge in [0, 0.05) is 12.1 Å². The largest absolute Gasteiger partial charge is 0.497 e. The van der Waals surface area contributed by atoms with E-state index in [0.717, 1.165) is 18.6 Å². The normalized spacial score (nSPS) is 25.7. The molecule has 3 fully saturated rings. The quantitative estimate of drug-likeness (QED) is 0.665. The smallest absolute Gasteiger partial charge is 0.337 e. The highest BCUT2D eigenvalue weighted by molar-refractivity contribution is 8.00. The lowest BCUT2D eigenvalue weighted by Crippen LogP contribution is -2.66. The summed E-state index contributed by atoms with van der Waals surface area (Å²) in [6, 6.07) is 6.53. The summed E-state index contributed by atoms with van der Waals surface area (Å²) in [5, 5.41) is 1.14. The maximum atomic E-state index is 13.2. The van der Waals surface area contributed by atoms with Crippen LogP contribution in [0.1, 0.15) is 37.0 Å². The summed E-state index contributed by atoms with van der Waals surface area (Å²) in [6.07, 6.45) is 1.12. The Balaban J connectivity index is 1.54. The zero-order valence-corrected chi connectivity index (χ0v) is 18.4. The number of hydrogen-bond donors (Lipinski definition) is 1. The molecule has 4 rings (SSSR count). The van der Waals surface area contributed by atoms with E-state index in [9.17, 15) is 14.4 Å². The average molecular weight is 433 g/mol. The summed E-state index contributed by atoms with van der Waals surface area (Å²) in [5.74, 6) is 1.80. The maximum Gasteiger partial charge on any atom is 0.337 e. The molecule has 3 aliphatic rings. The van der Waals surface area contributed by atoms with Crippen molar-refractivity contribution < 1.29 is 19.1 Å². The summed E-state index contributed by atoms with van der Waals surface area (Å²) in [7, 11) is 1.55. The summed E-state index contributed by atoms with van der Waals surface area (Å²) in [5.41, 5.74) is 3.62. The lowest BCUT2D eigenvalue weighted by atomic mass is 10.0. The zero-order valence-electron chi connectivity index (χ0n) is 17.5.